The van der Waals surface area contributed by atoms with Crippen LogP contribution < -0.4 is 20.3 Å². The SMILES string of the molecule is CNC(Cn1c(C)cccc1=O)c1ccc2c(c1)OCO2. The molecule has 1 aromatic heterocycles. The van der Waals surface area contributed by atoms with E-state index < -0.39 is 0 Å². The second-order valence-corrected chi connectivity index (χ2v) is 5.07. The zero-order chi connectivity index (χ0) is 14.8. The maximum atomic E-state index is 12.0. The first kappa shape index (κ1) is 13.7. The lowest BCUT2D eigenvalue weighted by molar-refractivity contribution is 0.174. The summed E-state index contributed by atoms with van der Waals surface area (Å²) in [5, 5.41) is 3.26. The van der Waals surface area contributed by atoms with Gasteiger partial charge < -0.3 is 19.4 Å². The topological polar surface area (TPSA) is 52.5 Å². The van der Waals surface area contributed by atoms with Gasteiger partial charge in [-0.2, -0.15) is 0 Å². The first-order valence-electron chi connectivity index (χ1n) is 6.92. The number of hydrogen-bond acceptors (Lipinski definition) is 4. The van der Waals surface area contributed by atoms with E-state index in [0.29, 0.717) is 6.54 Å². The molecule has 1 N–H and O–H groups in total. The fraction of sp³-hybridized carbons (Fsp3) is 0.312. The van der Waals surface area contributed by atoms with Crippen molar-refractivity contribution in [1.29, 1.82) is 0 Å². The summed E-state index contributed by atoms with van der Waals surface area (Å²) in [6, 6.07) is 11.2. The van der Waals surface area contributed by atoms with Crippen LogP contribution in [-0.4, -0.2) is 18.4 Å². The van der Waals surface area contributed by atoms with Crippen molar-refractivity contribution >= 4 is 0 Å². The van der Waals surface area contributed by atoms with Crippen molar-refractivity contribution in [2.45, 2.75) is 19.5 Å². The predicted molar refractivity (Wildman–Crippen MR) is 79.8 cm³/mol. The maximum Gasteiger partial charge on any atom is 0.250 e. The zero-order valence-electron chi connectivity index (χ0n) is 12.1. The monoisotopic (exact) mass is 286 g/mol. The molecular formula is C16H18N2O3. The summed E-state index contributed by atoms with van der Waals surface area (Å²) < 4.78 is 12.5. The third-order valence-corrected chi connectivity index (χ3v) is 3.78. The van der Waals surface area contributed by atoms with E-state index in [1.54, 1.807) is 16.7 Å². The quantitative estimate of drug-likeness (QED) is 0.932. The molecule has 0 spiro atoms. The summed E-state index contributed by atoms with van der Waals surface area (Å²) in [4.78, 5) is 12.0. The molecule has 0 saturated carbocycles. The zero-order valence-corrected chi connectivity index (χ0v) is 12.1. The number of benzene rings is 1. The first-order valence-corrected chi connectivity index (χ1v) is 6.92. The van der Waals surface area contributed by atoms with Crippen LogP contribution in [0.25, 0.3) is 0 Å². The van der Waals surface area contributed by atoms with E-state index in [0.717, 1.165) is 22.8 Å². The molecule has 3 rings (SSSR count). The standard InChI is InChI=1S/C16H18N2O3/c1-11-4-3-5-16(19)18(11)9-13(17-2)12-6-7-14-15(8-12)21-10-20-14/h3-8,13,17H,9-10H2,1-2H3. The molecule has 1 aromatic carbocycles. The van der Waals surface area contributed by atoms with Gasteiger partial charge in [-0.25, -0.2) is 0 Å². The summed E-state index contributed by atoms with van der Waals surface area (Å²) in [6.07, 6.45) is 0. The van der Waals surface area contributed by atoms with E-state index >= 15 is 0 Å². The molecule has 0 saturated heterocycles. The average Bonchev–Trinajstić information content (AvgIpc) is 2.94. The average molecular weight is 286 g/mol. The summed E-state index contributed by atoms with van der Waals surface area (Å²) in [5.41, 5.74) is 2.02. The van der Waals surface area contributed by atoms with Crippen molar-refractivity contribution < 1.29 is 9.47 Å². The number of nitrogens with zero attached hydrogens (tertiary/aromatic N) is 1. The molecule has 0 fully saturated rings. The number of aromatic nitrogens is 1. The smallest absolute Gasteiger partial charge is 0.250 e. The third-order valence-electron chi connectivity index (χ3n) is 3.78. The molecule has 1 aliphatic heterocycles. The Bertz CT molecular complexity index is 709. The molecular weight excluding hydrogens is 268 g/mol. The van der Waals surface area contributed by atoms with Crippen LogP contribution in [0.15, 0.2) is 41.2 Å². The summed E-state index contributed by atoms with van der Waals surface area (Å²) in [5.74, 6) is 1.52. The molecule has 1 aliphatic rings. The molecule has 0 aliphatic carbocycles. The van der Waals surface area contributed by atoms with Crippen molar-refractivity contribution in [3.05, 3.63) is 58.0 Å². The van der Waals surface area contributed by atoms with Crippen LogP contribution in [-0.2, 0) is 6.54 Å². The molecule has 5 nitrogen and oxygen atoms in total. The fourth-order valence-electron chi connectivity index (χ4n) is 2.53. The Balaban J connectivity index is 1.90. The molecule has 2 aromatic rings. The first-order chi connectivity index (χ1) is 10.2. The van der Waals surface area contributed by atoms with Gasteiger partial charge in [-0.3, -0.25) is 4.79 Å². The number of fused-ring (bicyclic) bond motifs is 1. The highest BCUT2D eigenvalue weighted by atomic mass is 16.7. The fourth-order valence-corrected chi connectivity index (χ4v) is 2.53. The van der Waals surface area contributed by atoms with Gasteiger partial charge in [0.25, 0.3) is 5.56 Å². The Hall–Kier alpha value is -2.27. The van der Waals surface area contributed by atoms with E-state index in [1.807, 2.05) is 38.2 Å². The minimum Gasteiger partial charge on any atom is -0.454 e. The lowest BCUT2D eigenvalue weighted by Crippen LogP contribution is -2.29. The second kappa shape index (κ2) is 5.61. The van der Waals surface area contributed by atoms with Crippen LogP contribution >= 0.6 is 0 Å². The lowest BCUT2D eigenvalue weighted by Gasteiger charge is -2.20. The van der Waals surface area contributed by atoms with E-state index in [-0.39, 0.29) is 18.4 Å². The second-order valence-electron chi connectivity index (χ2n) is 5.07. The molecule has 5 heteroatoms. The van der Waals surface area contributed by atoms with Gasteiger partial charge in [0.2, 0.25) is 6.79 Å². The van der Waals surface area contributed by atoms with E-state index in [4.69, 9.17) is 9.47 Å². The van der Waals surface area contributed by atoms with Crippen LogP contribution in [0.2, 0.25) is 0 Å². The highest BCUT2D eigenvalue weighted by Gasteiger charge is 2.18. The Labute approximate surface area is 123 Å². The van der Waals surface area contributed by atoms with Crippen molar-refractivity contribution in [3.63, 3.8) is 0 Å². The highest BCUT2D eigenvalue weighted by molar-refractivity contribution is 5.45. The molecule has 1 atom stereocenters. The molecule has 21 heavy (non-hydrogen) atoms. The third kappa shape index (κ3) is 2.64. The van der Waals surface area contributed by atoms with Gasteiger partial charge in [0.1, 0.15) is 0 Å². The predicted octanol–water partition coefficient (Wildman–Crippen LogP) is 1.85. The van der Waals surface area contributed by atoms with E-state index in [9.17, 15) is 4.79 Å². The van der Waals surface area contributed by atoms with Gasteiger partial charge in [-0.1, -0.05) is 12.1 Å². The number of pyridine rings is 1. The van der Waals surface area contributed by atoms with Gasteiger partial charge in [0.05, 0.1) is 6.04 Å². The van der Waals surface area contributed by atoms with E-state index in [2.05, 4.69) is 5.32 Å². The Morgan fingerprint density at radius 1 is 1.24 bits per heavy atom. The van der Waals surface area contributed by atoms with Gasteiger partial charge >= 0.3 is 0 Å². The molecule has 0 amide bonds. The number of hydrogen-bond donors (Lipinski definition) is 1. The number of likely N-dealkylation sites (N-methyl/N-ethyl adjacent to an activating group) is 1. The van der Waals surface area contributed by atoms with Crippen molar-refractivity contribution in [3.8, 4) is 11.5 Å². The van der Waals surface area contributed by atoms with Gasteiger partial charge in [0, 0.05) is 18.3 Å². The Kier molecular flexibility index (Phi) is 3.66. The van der Waals surface area contributed by atoms with Gasteiger partial charge in [0.15, 0.2) is 11.5 Å². The molecule has 0 bridgehead atoms. The van der Waals surface area contributed by atoms with Crippen molar-refractivity contribution in [1.82, 2.24) is 9.88 Å². The summed E-state index contributed by atoms with van der Waals surface area (Å²) in [7, 11) is 1.89. The normalized spacial score (nSPS) is 14.2. The molecule has 110 valence electrons. The van der Waals surface area contributed by atoms with Crippen molar-refractivity contribution in [2.24, 2.45) is 0 Å². The molecule has 2 heterocycles. The number of aryl methyl sites for hydroxylation is 1. The Morgan fingerprint density at radius 3 is 2.81 bits per heavy atom. The van der Waals surface area contributed by atoms with Crippen molar-refractivity contribution in [2.75, 3.05) is 13.8 Å². The summed E-state index contributed by atoms with van der Waals surface area (Å²) in [6.45, 7) is 2.77. The number of rotatable bonds is 4. The van der Waals surface area contributed by atoms with Gasteiger partial charge in [-0.15, -0.1) is 0 Å². The molecule has 1 unspecified atom stereocenters. The highest BCUT2D eigenvalue weighted by Crippen LogP contribution is 2.34. The van der Waals surface area contributed by atoms with Crippen LogP contribution in [0.3, 0.4) is 0 Å². The summed E-state index contributed by atoms with van der Waals surface area (Å²) >= 11 is 0. The minimum absolute atomic E-state index is 0.0102. The van der Waals surface area contributed by atoms with Crippen LogP contribution in [0.5, 0.6) is 11.5 Å². The van der Waals surface area contributed by atoms with Crippen LogP contribution in [0, 0.1) is 6.92 Å². The number of nitrogens with one attached hydrogen (secondary N) is 1. The maximum absolute atomic E-state index is 12.0. The van der Waals surface area contributed by atoms with Crippen LogP contribution in [0.4, 0.5) is 0 Å². The van der Waals surface area contributed by atoms with Gasteiger partial charge in [-0.05, 0) is 37.7 Å². The Morgan fingerprint density at radius 2 is 2.05 bits per heavy atom. The van der Waals surface area contributed by atoms with Crippen LogP contribution in [0.1, 0.15) is 17.3 Å². The van der Waals surface area contributed by atoms with E-state index in [1.165, 1.54) is 0 Å². The largest absolute Gasteiger partial charge is 0.454 e. The number of ether oxygens (including phenoxy) is 2. The minimum atomic E-state index is 0.0102. The molecule has 0 radical (unpaired) electrons. The lowest BCUT2D eigenvalue weighted by atomic mass is 10.1.